The summed E-state index contributed by atoms with van der Waals surface area (Å²) in [6.45, 7) is 10.6. The fourth-order valence-electron chi connectivity index (χ4n) is 6.82. The highest BCUT2D eigenvalue weighted by atomic mass is 79.9. The lowest BCUT2D eigenvalue weighted by molar-refractivity contribution is 0.224. The van der Waals surface area contributed by atoms with Crippen LogP contribution >= 0.6 is 43.6 Å². The van der Waals surface area contributed by atoms with Gasteiger partial charge in [0.05, 0.1) is 33.9 Å². The number of benzene rings is 1. The van der Waals surface area contributed by atoms with E-state index in [0.717, 1.165) is 56.2 Å². The van der Waals surface area contributed by atoms with Gasteiger partial charge in [0, 0.05) is 0 Å². The molecule has 0 N–H and O–H groups in total. The van der Waals surface area contributed by atoms with Gasteiger partial charge in [-0.15, -0.1) is 0 Å². The molecule has 0 aliphatic heterocycles. The van der Waals surface area contributed by atoms with Gasteiger partial charge in [0.15, 0.2) is 11.5 Å². The normalized spacial score (nSPS) is 13.0. The molecule has 0 spiro atoms. The van der Waals surface area contributed by atoms with Crippen molar-refractivity contribution in [2.75, 3.05) is 13.2 Å². The Morgan fingerprint density at radius 3 is 1.09 bits per heavy atom. The van der Waals surface area contributed by atoms with Crippen molar-refractivity contribution in [2.24, 2.45) is 11.8 Å². The van der Waals surface area contributed by atoms with E-state index in [1.807, 2.05) is 0 Å². The number of halogens is 2. The number of ether oxygens (including phenoxy) is 2. The molecule has 272 valence electrons. The van der Waals surface area contributed by atoms with E-state index in [1.165, 1.54) is 166 Å². The molecule has 0 saturated heterocycles. The third-order valence-corrected chi connectivity index (χ3v) is 11.9. The van der Waals surface area contributed by atoms with Gasteiger partial charge in [-0.1, -0.05) is 182 Å². The summed E-state index contributed by atoms with van der Waals surface area (Å²) in [5, 5.41) is 0. The summed E-state index contributed by atoms with van der Waals surface area (Å²) < 4.78 is 24.2. The number of nitrogens with zero attached hydrogens (tertiary/aromatic N) is 2. The van der Waals surface area contributed by atoms with Crippen LogP contribution in [0.2, 0.25) is 0 Å². The summed E-state index contributed by atoms with van der Waals surface area (Å²) in [5.41, 5.74) is 1.70. The molecule has 2 aromatic rings. The lowest BCUT2D eigenvalue weighted by atomic mass is 9.92. The van der Waals surface area contributed by atoms with E-state index in [1.54, 1.807) is 0 Å². The van der Waals surface area contributed by atoms with E-state index < -0.39 is 0 Å². The summed E-state index contributed by atoms with van der Waals surface area (Å²) in [6, 6.07) is 0. The van der Waals surface area contributed by atoms with Gasteiger partial charge in [-0.2, -0.15) is 8.75 Å². The Bertz CT molecular complexity index is 955. The highest BCUT2D eigenvalue weighted by Gasteiger charge is 2.23. The van der Waals surface area contributed by atoms with Gasteiger partial charge in [-0.05, 0) is 56.5 Å². The average Bonchev–Trinajstić information content (AvgIpc) is 3.58. The molecule has 2 rings (SSSR count). The van der Waals surface area contributed by atoms with E-state index >= 15 is 0 Å². The SMILES string of the molecule is CCCCCCCCC(CCCCCC)CCOc1c(OCCC(CCCCCC)CCCCCCCC)c(Br)c2nsnc2c1Br. The molecule has 0 aliphatic carbocycles. The van der Waals surface area contributed by atoms with Crippen LogP contribution in [-0.4, -0.2) is 22.0 Å². The van der Waals surface area contributed by atoms with Crippen LogP contribution in [0.3, 0.4) is 0 Å². The van der Waals surface area contributed by atoms with E-state index in [-0.39, 0.29) is 0 Å². The van der Waals surface area contributed by atoms with Gasteiger partial charge >= 0.3 is 0 Å². The maximum atomic E-state index is 6.64. The van der Waals surface area contributed by atoms with Gasteiger partial charge < -0.3 is 9.47 Å². The number of rotatable bonds is 32. The first-order valence-corrected chi connectivity index (χ1v) is 22.3. The van der Waals surface area contributed by atoms with Crippen molar-refractivity contribution < 1.29 is 9.47 Å². The number of fused-ring (bicyclic) bond motifs is 1. The monoisotopic (exact) mass is 800 g/mol. The predicted octanol–water partition coefficient (Wildman–Crippen LogP) is 15.4. The molecule has 47 heavy (non-hydrogen) atoms. The largest absolute Gasteiger partial charge is 0.488 e. The van der Waals surface area contributed by atoms with E-state index in [2.05, 4.69) is 68.3 Å². The average molecular weight is 803 g/mol. The van der Waals surface area contributed by atoms with Crippen LogP contribution in [0.1, 0.15) is 195 Å². The lowest BCUT2D eigenvalue weighted by Gasteiger charge is -2.21. The van der Waals surface area contributed by atoms with E-state index in [0.29, 0.717) is 13.2 Å². The fraction of sp³-hybridized carbons (Fsp3) is 0.850. The molecule has 0 bridgehead atoms. The van der Waals surface area contributed by atoms with Crippen LogP contribution in [0.4, 0.5) is 0 Å². The molecular formula is C40H70Br2N2O2S. The van der Waals surface area contributed by atoms with E-state index in [9.17, 15) is 0 Å². The summed E-state index contributed by atoms with van der Waals surface area (Å²) in [5.74, 6) is 3.03. The van der Waals surface area contributed by atoms with Gasteiger partial charge in [0.1, 0.15) is 11.0 Å². The minimum Gasteiger partial charge on any atom is -0.488 e. The molecule has 0 radical (unpaired) electrons. The molecule has 7 heteroatoms. The zero-order chi connectivity index (χ0) is 34.0. The molecule has 1 aromatic carbocycles. The predicted molar refractivity (Wildman–Crippen MR) is 214 cm³/mol. The Morgan fingerprint density at radius 2 is 0.745 bits per heavy atom. The first-order valence-electron chi connectivity index (χ1n) is 20.0. The van der Waals surface area contributed by atoms with Crippen molar-refractivity contribution in [2.45, 2.75) is 195 Å². The molecule has 2 unspecified atom stereocenters. The number of aromatic nitrogens is 2. The molecular weight excluding hydrogens is 732 g/mol. The summed E-state index contributed by atoms with van der Waals surface area (Å²) >= 11 is 8.95. The second kappa shape index (κ2) is 28.3. The smallest absolute Gasteiger partial charge is 0.178 e. The number of hydrogen-bond acceptors (Lipinski definition) is 5. The third kappa shape index (κ3) is 17.9. The highest BCUT2D eigenvalue weighted by molar-refractivity contribution is 9.11. The van der Waals surface area contributed by atoms with Crippen LogP contribution in [0.15, 0.2) is 8.95 Å². The lowest BCUT2D eigenvalue weighted by Crippen LogP contribution is -2.11. The molecule has 2 atom stereocenters. The minimum absolute atomic E-state index is 0.705. The quantitative estimate of drug-likeness (QED) is 0.0691. The van der Waals surface area contributed by atoms with Gasteiger partial charge in [-0.3, -0.25) is 0 Å². The van der Waals surface area contributed by atoms with Gasteiger partial charge in [-0.25, -0.2) is 0 Å². The number of unbranched alkanes of at least 4 members (excludes halogenated alkanes) is 16. The van der Waals surface area contributed by atoms with E-state index in [4.69, 9.17) is 9.47 Å². The zero-order valence-corrected chi connectivity index (χ0v) is 34.8. The second-order valence-corrected chi connectivity index (χ2v) is 16.2. The first kappa shape index (κ1) is 42.8. The van der Waals surface area contributed by atoms with Crippen LogP contribution in [0, 0.1) is 11.8 Å². The van der Waals surface area contributed by atoms with Crippen molar-refractivity contribution in [3.8, 4) is 11.5 Å². The maximum absolute atomic E-state index is 6.64. The molecule has 1 aromatic heterocycles. The van der Waals surface area contributed by atoms with Crippen LogP contribution in [0.25, 0.3) is 11.0 Å². The molecule has 4 nitrogen and oxygen atoms in total. The molecule has 0 fully saturated rings. The summed E-state index contributed by atoms with van der Waals surface area (Å²) in [6.07, 6.45) is 34.5. The van der Waals surface area contributed by atoms with Gasteiger partial charge in [0.2, 0.25) is 0 Å². The topological polar surface area (TPSA) is 44.2 Å². The Labute approximate surface area is 311 Å². The Hall–Kier alpha value is -0.400. The van der Waals surface area contributed by atoms with Crippen LogP contribution in [-0.2, 0) is 0 Å². The van der Waals surface area contributed by atoms with Gasteiger partial charge in [0.25, 0.3) is 0 Å². The molecule has 1 heterocycles. The zero-order valence-electron chi connectivity index (χ0n) is 30.8. The van der Waals surface area contributed by atoms with Crippen molar-refractivity contribution in [1.29, 1.82) is 0 Å². The van der Waals surface area contributed by atoms with Crippen LogP contribution < -0.4 is 9.47 Å². The fourth-order valence-corrected chi connectivity index (χ4v) is 8.75. The summed E-state index contributed by atoms with van der Waals surface area (Å²) in [7, 11) is 0. The van der Waals surface area contributed by atoms with Crippen molar-refractivity contribution in [3.05, 3.63) is 8.95 Å². The van der Waals surface area contributed by atoms with Crippen molar-refractivity contribution >= 4 is 54.6 Å². The standard InChI is InChI=1S/C40H70Br2N2O2S/c1-5-9-13-17-19-23-27-33(25-21-15-11-7-3)29-31-45-39-35(41)37-38(44-47-43-37)36(42)40(39)46-32-30-34(26-22-16-12-8-4)28-24-20-18-14-10-6-2/h33-34H,5-32H2,1-4H3. The first-order chi connectivity index (χ1) is 23.1. The molecule has 0 saturated carbocycles. The second-order valence-electron chi connectivity index (χ2n) is 14.1. The van der Waals surface area contributed by atoms with Crippen LogP contribution in [0.5, 0.6) is 11.5 Å². The Kier molecular flexibility index (Phi) is 25.8. The van der Waals surface area contributed by atoms with Crippen molar-refractivity contribution in [1.82, 2.24) is 8.75 Å². The number of hydrogen-bond donors (Lipinski definition) is 0. The Balaban J connectivity index is 2.04. The Morgan fingerprint density at radius 1 is 0.447 bits per heavy atom. The highest BCUT2D eigenvalue weighted by Crippen LogP contribution is 2.47. The molecule has 0 amide bonds. The third-order valence-electron chi connectivity index (χ3n) is 9.92. The maximum Gasteiger partial charge on any atom is 0.178 e. The van der Waals surface area contributed by atoms with Crippen molar-refractivity contribution in [3.63, 3.8) is 0 Å². The minimum atomic E-state index is 0.705. The molecule has 0 aliphatic rings. The summed E-state index contributed by atoms with van der Waals surface area (Å²) in [4.78, 5) is 0.